The van der Waals surface area contributed by atoms with Crippen LogP contribution in [-0.4, -0.2) is 55.2 Å². The van der Waals surface area contributed by atoms with Crippen LogP contribution in [0.1, 0.15) is 25.8 Å². The van der Waals surface area contributed by atoms with E-state index in [1.54, 1.807) is 0 Å². The molecule has 0 fully saturated rings. The summed E-state index contributed by atoms with van der Waals surface area (Å²) in [6, 6.07) is 3.89. The SMILES string of the molecule is CCOc1cc(CN(CC)CCCN(C)C)cc(Br)c1O. The predicted molar refractivity (Wildman–Crippen MR) is 91.1 cm³/mol. The van der Waals surface area contributed by atoms with Crippen LogP contribution < -0.4 is 4.74 Å². The third-order valence-electron chi connectivity index (χ3n) is 3.32. The van der Waals surface area contributed by atoms with Crippen molar-refractivity contribution in [3.8, 4) is 11.5 Å². The highest BCUT2D eigenvalue weighted by atomic mass is 79.9. The Labute approximate surface area is 136 Å². The lowest BCUT2D eigenvalue weighted by Crippen LogP contribution is -2.26. The van der Waals surface area contributed by atoms with Crippen molar-refractivity contribution in [1.82, 2.24) is 9.80 Å². The van der Waals surface area contributed by atoms with Crippen LogP contribution in [0.5, 0.6) is 11.5 Å². The van der Waals surface area contributed by atoms with Crippen LogP contribution in [0.3, 0.4) is 0 Å². The van der Waals surface area contributed by atoms with Gasteiger partial charge in [0.25, 0.3) is 0 Å². The van der Waals surface area contributed by atoms with Gasteiger partial charge in [0, 0.05) is 6.54 Å². The number of aromatic hydroxyl groups is 1. The summed E-state index contributed by atoms with van der Waals surface area (Å²) < 4.78 is 6.17. The standard InChI is InChI=1S/C16H27BrN2O2/c1-5-19(9-7-8-18(3)4)12-13-10-14(17)16(20)15(11-13)21-6-2/h10-11,20H,5-9,12H2,1-4H3. The van der Waals surface area contributed by atoms with Crippen molar-refractivity contribution in [1.29, 1.82) is 0 Å². The minimum absolute atomic E-state index is 0.177. The zero-order valence-electron chi connectivity index (χ0n) is 13.5. The van der Waals surface area contributed by atoms with E-state index in [9.17, 15) is 5.11 Å². The average molecular weight is 359 g/mol. The van der Waals surface area contributed by atoms with Gasteiger partial charge in [-0.1, -0.05) is 6.92 Å². The number of phenols is 1. The third kappa shape index (κ3) is 6.24. The molecule has 1 aromatic carbocycles. The molecule has 0 saturated heterocycles. The minimum atomic E-state index is 0.177. The fraction of sp³-hybridized carbons (Fsp3) is 0.625. The molecule has 0 heterocycles. The number of hydrogen-bond acceptors (Lipinski definition) is 4. The molecular formula is C16H27BrN2O2. The number of halogens is 1. The Hall–Kier alpha value is -0.780. The van der Waals surface area contributed by atoms with Crippen LogP contribution in [0.2, 0.25) is 0 Å². The zero-order valence-corrected chi connectivity index (χ0v) is 15.1. The van der Waals surface area contributed by atoms with E-state index < -0.39 is 0 Å². The molecule has 0 bridgehead atoms. The number of ether oxygens (including phenoxy) is 1. The normalized spacial score (nSPS) is 11.4. The van der Waals surface area contributed by atoms with Gasteiger partial charge >= 0.3 is 0 Å². The molecule has 5 heteroatoms. The van der Waals surface area contributed by atoms with Gasteiger partial charge < -0.3 is 14.7 Å². The minimum Gasteiger partial charge on any atom is -0.503 e. The van der Waals surface area contributed by atoms with Crippen LogP contribution in [0, 0.1) is 0 Å². The summed E-state index contributed by atoms with van der Waals surface area (Å²) in [5, 5.41) is 9.96. The van der Waals surface area contributed by atoms with Gasteiger partial charge in [0.2, 0.25) is 0 Å². The maximum atomic E-state index is 9.96. The first kappa shape index (κ1) is 18.3. The second-order valence-corrected chi connectivity index (χ2v) is 6.24. The monoisotopic (exact) mass is 358 g/mol. The fourth-order valence-electron chi connectivity index (χ4n) is 2.20. The Kier molecular flexibility index (Phi) is 8.07. The molecule has 0 atom stereocenters. The van der Waals surface area contributed by atoms with Gasteiger partial charge in [0.15, 0.2) is 11.5 Å². The predicted octanol–water partition coefficient (Wildman–Crippen LogP) is 3.33. The van der Waals surface area contributed by atoms with Crippen LogP contribution in [0.25, 0.3) is 0 Å². The van der Waals surface area contributed by atoms with Gasteiger partial charge in [-0.25, -0.2) is 0 Å². The summed E-state index contributed by atoms with van der Waals surface area (Å²) in [6.07, 6.45) is 1.15. The Balaban J connectivity index is 2.70. The van der Waals surface area contributed by atoms with E-state index in [2.05, 4.69) is 46.7 Å². The largest absolute Gasteiger partial charge is 0.503 e. The fourth-order valence-corrected chi connectivity index (χ4v) is 2.69. The molecule has 0 aliphatic carbocycles. The van der Waals surface area contributed by atoms with Gasteiger partial charge in [-0.3, -0.25) is 4.90 Å². The molecule has 0 aliphatic heterocycles. The van der Waals surface area contributed by atoms with Gasteiger partial charge in [0.1, 0.15) is 0 Å². The summed E-state index contributed by atoms with van der Waals surface area (Å²) in [5.74, 6) is 0.725. The highest BCUT2D eigenvalue weighted by Gasteiger charge is 2.11. The van der Waals surface area contributed by atoms with E-state index in [0.29, 0.717) is 16.8 Å². The summed E-state index contributed by atoms with van der Waals surface area (Å²) in [4.78, 5) is 4.61. The highest BCUT2D eigenvalue weighted by Crippen LogP contribution is 2.35. The van der Waals surface area contributed by atoms with Crippen molar-refractivity contribution in [2.24, 2.45) is 0 Å². The Morgan fingerprint density at radius 2 is 1.90 bits per heavy atom. The molecule has 0 saturated carbocycles. The highest BCUT2D eigenvalue weighted by molar-refractivity contribution is 9.10. The molecular weight excluding hydrogens is 332 g/mol. The first-order chi connectivity index (χ1) is 9.97. The summed E-state index contributed by atoms with van der Waals surface area (Å²) in [5.41, 5.74) is 1.15. The van der Waals surface area contributed by atoms with E-state index in [1.807, 2.05) is 19.1 Å². The molecule has 4 nitrogen and oxygen atoms in total. The number of hydrogen-bond donors (Lipinski definition) is 1. The molecule has 0 radical (unpaired) electrons. The Bertz CT molecular complexity index is 439. The van der Waals surface area contributed by atoms with Crippen LogP contribution in [0.15, 0.2) is 16.6 Å². The van der Waals surface area contributed by atoms with Gasteiger partial charge in [-0.05, 0) is 80.7 Å². The van der Waals surface area contributed by atoms with Crippen molar-refractivity contribution in [2.45, 2.75) is 26.8 Å². The molecule has 0 aromatic heterocycles. The van der Waals surface area contributed by atoms with Crippen molar-refractivity contribution < 1.29 is 9.84 Å². The molecule has 1 N–H and O–H groups in total. The van der Waals surface area contributed by atoms with Crippen molar-refractivity contribution in [3.63, 3.8) is 0 Å². The average Bonchev–Trinajstić information content (AvgIpc) is 2.43. The van der Waals surface area contributed by atoms with E-state index >= 15 is 0 Å². The molecule has 0 unspecified atom stereocenters. The topological polar surface area (TPSA) is 35.9 Å². The zero-order chi connectivity index (χ0) is 15.8. The lowest BCUT2D eigenvalue weighted by Gasteiger charge is -2.22. The summed E-state index contributed by atoms with van der Waals surface area (Å²) >= 11 is 3.40. The lowest BCUT2D eigenvalue weighted by atomic mass is 10.2. The Morgan fingerprint density at radius 3 is 2.48 bits per heavy atom. The first-order valence-electron chi connectivity index (χ1n) is 7.49. The molecule has 0 amide bonds. The molecule has 0 spiro atoms. The summed E-state index contributed by atoms with van der Waals surface area (Å²) in [6.45, 7) is 8.67. The molecule has 1 rings (SSSR count). The van der Waals surface area contributed by atoms with Crippen LogP contribution in [0.4, 0.5) is 0 Å². The van der Waals surface area contributed by atoms with Crippen molar-refractivity contribution >= 4 is 15.9 Å². The first-order valence-corrected chi connectivity index (χ1v) is 8.28. The molecule has 120 valence electrons. The number of phenolic OH excluding ortho intramolecular Hbond substituents is 1. The van der Waals surface area contributed by atoms with E-state index in [4.69, 9.17) is 4.74 Å². The maximum absolute atomic E-state index is 9.96. The molecule has 1 aromatic rings. The van der Waals surface area contributed by atoms with Gasteiger partial charge in [-0.15, -0.1) is 0 Å². The van der Waals surface area contributed by atoms with Gasteiger partial charge in [0.05, 0.1) is 11.1 Å². The lowest BCUT2D eigenvalue weighted by molar-refractivity contribution is 0.258. The quantitative estimate of drug-likeness (QED) is 0.734. The van der Waals surface area contributed by atoms with E-state index in [0.717, 1.165) is 38.2 Å². The van der Waals surface area contributed by atoms with Crippen molar-refractivity contribution in [2.75, 3.05) is 40.3 Å². The maximum Gasteiger partial charge on any atom is 0.172 e. The summed E-state index contributed by atoms with van der Waals surface area (Å²) in [7, 11) is 4.20. The second kappa shape index (κ2) is 9.28. The third-order valence-corrected chi connectivity index (χ3v) is 3.93. The van der Waals surface area contributed by atoms with Gasteiger partial charge in [-0.2, -0.15) is 0 Å². The van der Waals surface area contributed by atoms with Crippen LogP contribution >= 0.6 is 15.9 Å². The Morgan fingerprint density at radius 1 is 1.19 bits per heavy atom. The van der Waals surface area contributed by atoms with Crippen molar-refractivity contribution in [3.05, 3.63) is 22.2 Å². The number of nitrogens with zero attached hydrogens (tertiary/aromatic N) is 2. The van der Waals surface area contributed by atoms with E-state index in [-0.39, 0.29) is 5.75 Å². The second-order valence-electron chi connectivity index (χ2n) is 5.38. The smallest absolute Gasteiger partial charge is 0.172 e. The number of rotatable bonds is 9. The van der Waals surface area contributed by atoms with Crippen LogP contribution in [-0.2, 0) is 6.54 Å². The molecule has 21 heavy (non-hydrogen) atoms. The number of benzene rings is 1. The molecule has 0 aliphatic rings. The van der Waals surface area contributed by atoms with E-state index in [1.165, 1.54) is 0 Å².